The quantitative estimate of drug-likeness (QED) is 0.541. The van der Waals surface area contributed by atoms with Crippen molar-refractivity contribution < 1.29 is 21.6 Å². The molecule has 0 unspecified atom stereocenters. The van der Waals surface area contributed by atoms with Gasteiger partial charge in [-0.15, -0.1) is 0 Å². The molecule has 0 bridgehead atoms. The van der Waals surface area contributed by atoms with E-state index in [1.54, 1.807) is 36.5 Å². The summed E-state index contributed by atoms with van der Waals surface area (Å²) >= 11 is 0. The number of hydrogen-bond acceptors (Lipinski definition) is 6. The molecule has 4 rings (SSSR count). The molecule has 0 saturated carbocycles. The third-order valence-corrected chi connectivity index (χ3v) is 8.62. The number of carbonyl (C=O) groups is 1. The number of carbonyl (C=O) groups excluding carboxylic acids is 1. The molecule has 0 radical (unpaired) electrons. The van der Waals surface area contributed by atoms with Crippen LogP contribution < -0.4 is 0 Å². The van der Waals surface area contributed by atoms with Crippen LogP contribution in [0, 0.1) is 0 Å². The second-order valence-electron chi connectivity index (χ2n) is 8.39. The Balaban J connectivity index is 1.53. The van der Waals surface area contributed by atoms with E-state index in [4.69, 9.17) is 0 Å². The molecule has 2 aromatic heterocycles. The smallest absolute Gasteiger partial charge is 0.274 e. The average Bonchev–Trinajstić information content (AvgIpc) is 3.19. The number of imidazole rings is 1. The number of hydrogen-bond donors (Lipinski definition) is 0. The molecule has 1 saturated heterocycles. The predicted octanol–water partition coefficient (Wildman–Crippen LogP) is 2.01. The summed E-state index contributed by atoms with van der Waals surface area (Å²) in [7, 11) is -7.32. The number of sulfone groups is 1. The topological polar surface area (TPSA) is 109 Å². The van der Waals surface area contributed by atoms with E-state index in [9.17, 15) is 21.6 Å². The van der Waals surface area contributed by atoms with Crippen LogP contribution in [0.2, 0.25) is 0 Å². The zero-order chi connectivity index (χ0) is 24.0. The fourth-order valence-corrected chi connectivity index (χ4v) is 6.08. The van der Waals surface area contributed by atoms with E-state index >= 15 is 0 Å². The fraction of sp³-hybridized carbons (Fsp3) is 0.364. The monoisotopic (exact) mass is 490 g/mol. The van der Waals surface area contributed by atoms with Crippen molar-refractivity contribution >= 4 is 31.3 Å². The van der Waals surface area contributed by atoms with E-state index < -0.39 is 25.8 Å². The number of rotatable bonds is 5. The molecular weight excluding hydrogens is 464 g/mol. The summed E-state index contributed by atoms with van der Waals surface area (Å²) in [6.45, 7) is 4.74. The molecule has 0 aliphatic carbocycles. The lowest BCUT2D eigenvalue weighted by molar-refractivity contribution is 0.0694. The number of benzene rings is 1. The highest BCUT2D eigenvalue weighted by Crippen LogP contribution is 2.23. The van der Waals surface area contributed by atoms with E-state index in [1.807, 2.05) is 26.0 Å². The molecule has 1 fully saturated rings. The summed E-state index contributed by atoms with van der Waals surface area (Å²) in [5, 5.41) is -0.201. The van der Waals surface area contributed by atoms with Gasteiger partial charge in [0.25, 0.3) is 5.91 Å². The highest BCUT2D eigenvalue weighted by atomic mass is 32.2. The molecule has 1 aliphatic heterocycles. The second-order valence-corrected chi connectivity index (χ2v) is 12.2. The molecule has 3 aromatic rings. The predicted molar refractivity (Wildman–Crippen MR) is 123 cm³/mol. The number of fused-ring (bicyclic) bond motifs is 1. The molecule has 176 valence electrons. The summed E-state index contributed by atoms with van der Waals surface area (Å²) < 4.78 is 53.1. The zero-order valence-electron chi connectivity index (χ0n) is 18.7. The molecule has 9 nitrogen and oxygen atoms in total. The van der Waals surface area contributed by atoms with Crippen molar-refractivity contribution in [2.24, 2.45) is 0 Å². The Morgan fingerprint density at radius 2 is 1.58 bits per heavy atom. The largest absolute Gasteiger partial charge is 0.335 e. The Kier molecular flexibility index (Phi) is 6.06. The maximum absolute atomic E-state index is 13.2. The van der Waals surface area contributed by atoms with Crippen LogP contribution in [-0.2, 0) is 19.9 Å². The van der Waals surface area contributed by atoms with Crippen LogP contribution in [0.15, 0.2) is 58.7 Å². The fourth-order valence-electron chi connectivity index (χ4n) is 3.88. The van der Waals surface area contributed by atoms with Gasteiger partial charge in [0, 0.05) is 38.6 Å². The summed E-state index contributed by atoms with van der Waals surface area (Å²) in [6, 6.07) is 11.9. The van der Waals surface area contributed by atoms with Gasteiger partial charge in [0.05, 0.1) is 10.4 Å². The number of nitrogens with zero attached hydrogens (tertiary/aromatic N) is 4. The summed E-state index contributed by atoms with van der Waals surface area (Å²) in [6.07, 6.45) is 2.59. The average molecular weight is 491 g/mol. The molecule has 0 N–H and O–H groups in total. The van der Waals surface area contributed by atoms with Crippen LogP contribution in [-0.4, -0.2) is 73.8 Å². The van der Waals surface area contributed by atoms with Crippen molar-refractivity contribution in [1.29, 1.82) is 0 Å². The number of sulfonamides is 1. The molecule has 33 heavy (non-hydrogen) atoms. The SMILES string of the molecule is CC(C)c1ccc(S(=O)(=O)N2CCN(C(=O)c3nc(S(C)(=O)=O)n4ccccc34)CC2)cc1. The summed E-state index contributed by atoms with van der Waals surface area (Å²) in [5.74, 6) is -0.120. The van der Waals surface area contributed by atoms with Gasteiger partial charge < -0.3 is 4.90 Å². The van der Waals surface area contributed by atoms with Crippen LogP contribution in [0.1, 0.15) is 35.8 Å². The molecule has 1 amide bonds. The Labute approximate surface area is 193 Å². The van der Waals surface area contributed by atoms with Gasteiger partial charge >= 0.3 is 0 Å². The first-order chi connectivity index (χ1) is 15.5. The third-order valence-electron chi connectivity index (χ3n) is 5.76. The maximum Gasteiger partial charge on any atom is 0.274 e. The van der Waals surface area contributed by atoms with Crippen molar-refractivity contribution in [1.82, 2.24) is 18.6 Å². The van der Waals surface area contributed by atoms with Crippen LogP contribution in [0.3, 0.4) is 0 Å². The minimum atomic E-state index is -3.67. The maximum atomic E-state index is 13.2. The first-order valence-electron chi connectivity index (χ1n) is 10.6. The van der Waals surface area contributed by atoms with Gasteiger partial charge in [-0.2, -0.15) is 4.31 Å². The molecule has 11 heteroatoms. The van der Waals surface area contributed by atoms with Crippen LogP contribution in [0.4, 0.5) is 0 Å². The van der Waals surface area contributed by atoms with Gasteiger partial charge in [-0.3, -0.25) is 9.20 Å². The molecule has 1 aromatic carbocycles. The van der Waals surface area contributed by atoms with Crippen LogP contribution in [0.5, 0.6) is 0 Å². The van der Waals surface area contributed by atoms with Crippen molar-refractivity contribution in [3.05, 3.63) is 59.9 Å². The highest BCUT2D eigenvalue weighted by molar-refractivity contribution is 7.90. The highest BCUT2D eigenvalue weighted by Gasteiger charge is 2.32. The molecule has 0 atom stereocenters. The van der Waals surface area contributed by atoms with E-state index in [0.717, 1.165) is 11.8 Å². The second kappa shape index (κ2) is 8.54. The van der Waals surface area contributed by atoms with Gasteiger partial charge in [0.2, 0.25) is 25.0 Å². The third kappa shape index (κ3) is 4.40. The lowest BCUT2D eigenvalue weighted by Gasteiger charge is -2.33. The van der Waals surface area contributed by atoms with E-state index in [-0.39, 0.29) is 41.9 Å². The number of pyridine rings is 1. The number of aromatic nitrogens is 2. The van der Waals surface area contributed by atoms with Gasteiger partial charge in [-0.25, -0.2) is 21.8 Å². The van der Waals surface area contributed by atoms with Crippen molar-refractivity contribution in [3.63, 3.8) is 0 Å². The molecule has 0 spiro atoms. The lowest BCUT2D eigenvalue weighted by Crippen LogP contribution is -2.50. The van der Waals surface area contributed by atoms with E-state index in [1.165, 1.54) is 13.6 Å². The normalized spacial score (nSPS) is 15.9. The zero-order valence-corrected chi connectivity index (χ0v) is 20.3. The molecular formula is C22H26N4O5S2. The van der Waals surface area contributed by atoms with Gasteiger partial charge in [0.1, 0.15) is 0 Å². The Morgan fingerprint density at radius 1 is 0.939 bits per heavy atom. The van der Waals surface area contributed by atoms with E-state index in [0.29, 0.717) is 11.4 Å². The van der Waals surface area contributed by atoms with Gasteiger partial charge in [0.15, 0.2) is 5.69 Å². The summed E-state index contributed by atoms with van der Waals surface area (Å²) in [4.78, 5) is 19.0. The van der Waals surface area contributed by atoms with Crippen LogP contribution in [0.25, 0.3) is 5.52 Å². The van der Waals surface area contributed by atoms with E-state index in [2.05, 4.69) is 4.98 Å². The first-order valence-corrected chi connectivity index (χ1v) is 13.9. The van der Waals surface area contributed by atoms with Gasteiger partial charge in [-0.05, 0) is 35.7 Å². The Bertz CT molecular complexity index is 1400. The lowest BCUT2D eigenvalue weighted by atomic mass is 10.0. The van der Waals surface area contributed by atoms with Crippen LogP contribution >= 0.6 is 0 Å². The Morgan fingerprint density at radius 3 is 2.15 bits per heavy atom. The van der Waals surface area contributed by atoms with Gasteiger partial charge in [-0.1, -0.05) is 32.0 Å². The van der Waals surface area contributed by atoms with Crippen molar-refractivity contribution in [3.8, 4) is 0 Å². The summed E-state index contributed by atoms with van der Waals surface area (Å²) in [5.41, 5.74) is 1.49. The number of piperazine rings is 1. The van der Waals surface area contributed by atoms with Crippen molar-refractivity contribution in [2.75, 3.05) is 32.4 Å². The van der Waals surface area contributed by atoms with Crippen molar-refractivity contribution in [2.45, 2.75) is 29.8 Å². The molecule has 1 aliphatic rings. The first kappa shape index (κ1) is 23.4. The standard InChI is InChI=1S/C22H26N4O5S2/c1-16(2)17-7-9-18(10-8-17)33(30,31)25-14-12-24(13-15-25)21(27)20-19-6-4-5-11-26(19)22(23-20)32(3,28)29/h4-11,16H,12-15H2,1-3H3. The molecule has 3 heterocycles. The number of amides is 1. The minimum absolute atomic E-state index is 0.0385. The minimum Gasteiger partial charge on any atom is -0.335 e. The Hall–Kier alpha value is -2.76.